The highest BCUT2D eigenvalue weighted by molar-refractivity contribution is 7.92. The van der Waals surface area contributed by atoms with Gasteiger partial charge >= 0.3 is 0 Å². The lowest BCUT2D eigenvalue weighted by atomic mass is 9.83. The van der Waals surface area contributed by atoms with E-state index in [-0.39, 0.29) is 17.5 Å². The van der Waals surface area contributed by atoms with Crippen LogP contribution in [0.4, 0.5) is 5.69 Å². The number of carbonyl (C=O) groups excluding carboxylic acids is 1. The molecule has 1 heterocycles. The average molecular weight is 509 g/mol. The van der Waals surface area contributed by atoms with Crippen molar-refractivity contribution in [2.75, 3.05) is 18.0 Å². The maximum atomic E-state index is 13.6. The second-order valence-electron chi connectivity index (χ2n) is 8.88. The van der Waals surface area contributed by atoms with Crippen molar-refractivity contribution in [3.8, 4) is 11.5 Å². The van der Waals surface area contributed by atoms with Crippen molar-refractivity contribution in [3.05, 3.63) is 84.4 Å². The number of anilines is 1. The molecule has 1 N–H and O–H groups in total. The number of nitrogens with one attached hydrogen (secondary N) is 1. The molecular formula is C28H32N2O5S. The molecule has 1 aliphatic rings. The van der Waals surface area contributed by atoms with E-state index in [0.29, 0.717) is 17.9 Å². The number of para-hydroxylation sites is 1. The Balaban J connectivity index is 1.64. The van der Waals surface area contributed by atoms with Crippen LogP contribution in [0.2, 0.25) is 0 Å². The number of amides is 1. The third-order valence-electron chi connectivity index (χ3n) is 6.80. The highest BCUT2D eigenvalue weighted by Crippen LogP contribution is 2.42. The van der Waals surface area contributed by atoms with Gasteiger partial charge in [-0.25, -0.2) is 8.42 Å². The predicted molar refractivity (Wildman–Crippen MR) is 140 cm³/mol. The van der Waals surface area contributed by atoms with E-state index in [2.05, 4.69) is 19.2 Å². The van der Waals surface area contributed by atoms with Gasteiger partial charge < -0.3 is 14.8 Å². The van der Waals surface area contributed by atoms with Crippen LogP contribution in [0, 0.1) is 0 Å². The maximum absolute atomic E-state index is 13.6. The fourth-order valence-electron chi connectivity index (χ4n) is 4.58. The van der Waals surface area contributed by atoms with Gasteiger partial charge in [-0.05, 0) is 55.3 Å². The summed E-state index contributed by atoms with van der Waals surface area (Å²) in [5.41, 5.74) is 0.877. The van der Waals surface area contributed by atoms with Crippen LogP contribution in [-0.2, 0) is 14.8 Å². The summed E-state index contributed by atoms with van der Waals surface area (Å²) in [5.74, 6) is 0.948. The van der Waals surface area contributed by atoms with Crippen LogP contribution in [0.1, 0.15) is 44.7 Å². The lowest BCUT2D eigenvalue weighted by Crippen LogP contribution is -2.47. The minimum atomic E-state index is -4.00. The van der Waals surface area contributed by atoms with Crippen molar-refractivity contribution in [2.45, 2.75) is 49.6 Å². The topological polar surface area (TPSA) is 84.9 Å². The summed E-state index contributed by atoms with van der Waals surface area (Å²) in [5, 5.41) is 3.10. The molecule has 3 aromatic rings. The molecule has 1 amide bonds. The van der Waals surface area contributed by atoms with E-state index < -0.39 is 21.5 Å². The van der Waals surface area contributed by atoms with Crippen molar-refractivity contribution < 1.29 is 22.7 Å². The molecule has 190 valence electrons. The van der Waals surface area contributed by atoms with E-state index in [4.69, 9.17) is 9.47 Å². The van der Waals surface area contributed by atoms with E-state index in [1.54, 1.807) is 49.6 Å². The Bertz CT molecular complexity index is 1290. The molecule has 0 aliphatic carbocycles. The summed E-state index contributed by atoms with van der Waals surface area (Å²) in [6.45, 7) is 3.79. The lowest BCUT2D eigenvalue weighted by Gasteiger charge is -2.41. The summed E-state index contributed by atoms with van der Waals surface area (Å²) >= 11 is 0. The smallest absolute Gasteiger partial charge is 0.264 e. The average Bonchev–Trinajstić information content (AvgIpc) is 2.92. The van der Waals surface area contributed by atoms with Gasteiger partial charge in [-0.1, -0.05) is 50.2 Å². The van der Waals surface area contributed by atoms with E-state index in [0.717, 1.165) is 28.5 Å². The minimum absolute atomic E-state index is 0.112. The van der Waals surface area contributed by atoms with E-state index in [1.165, 1.54) is 12.1 Å². The van der Waals surface area contributed by atoms with Gasteiger partial charge in [0, 0.05) is 12.0 Å². The van der Waals surface area contributed by atoms with Gasteiger partial charge in [0.05, 0.1) is 23.7 Å². The van der Waals surface area contributed by atoms with Crippen LogP contribution in [0.3, 0.4) is 0 Å². The molecule has 0 aromatic heterocycles. The van der Waals surface area contributed by atoms with E-state index >= 15 is 0 Å². The van der Waals surface area contributed by atoms with Gasteiger partial charge in [0.15, 0.2) is 0 Å². The third-order valence-corrected chi connectivity index (χ3v) is 8.59. The summed E-state index contributed by atoms with van der Waals surface area (Å²) in [4.78, 5) is 13.5. The number of carbonyl (C=O) groups is 1. The van der Waals surface area contributed by atoms with Crippen LogP contribution in [0.5, 0.6) is 11.5 Å². The number of sulfonamides is 1. The molecule has 4 rings (SSSR count). The Morgan fingerprint density at radius 2 is 1.64 bits per heavy atom. The number of fused-ring (bicyclic) bond motifs is 1. The van der Waals surface area contributed by atoms with Gasteiger partial charge in [0.25, 0.3) is 10.0 Å². The number of hydrogen-bond acceptors (Lipinski definition) is 5. The molecule has 1 atom stereocenters. The van der Waals surface area contributed by atoms with Gasteiger partial charge in [-0.15, -0.1) is 0 Å². The SMILES string of the molecule is CCC1(CC)C[C@H](NC(=O)CN(c2ccc(OC)cc2)S(=O)(=O)c2ccccc2)c2ccccc2O1. The maximum Gasteiger partial charge on any atom is 0.264 e. The summed E-state index contributed by atoms with van der Waals surface area (Å²) in [6, 6.07) is 22.1. The molecule has 0 saturated heterocycles. The third kappa shape index (κ3) is 5.18. The van der Waals surface area contributed by atoms with E-state index in [1.807, 2.05) is 24.3 Å². The standard InChI is InChI=1S/C28H32N2O5S/c1-4-28(5-2)19-25(24-13-9-10-14-26(24)35-28)29-27(31)20-30(21-15-17-22(34-3)18-16-21)36(32,33)23-11-7-6-8-12-23/h6-18,25H,4-5,19-20H2,1-3H3,(H,29,31)/t25-/m0/s1. The first-order chi connectivity index (χ1) is 17.3. The zero-order valence-corrected chi connectivity index (χ0v) is 21.6. The highest BCUT2D eigenvalue weighted by atomic mass is 32.2. The molecule has 0 unspecified atom stereocenters. The van der Waals surface area contributed by atoms with Crippen molar-refractivity contribution >= 4 is 21.6 Å². The van der Waals surface area contributed by atoms with Gasteiger partial charge in [-0.2, -0.15) is 0 Å². The molecule has 0 bridgehead atoms. The lowest BCUT2D eigenvalue weighted by molar-refractivity contribution is -0.121. The summed E-state index contributed by atoms with van der Waals surface area (Å²) < 4.78 is 39.9. The molecule has 0 saturated carbocycles. The van der Waals surface area contributed by atoms with E-state index in [9.17, 15) is 13.2 Å². The number of benzene rings is 3. The first-order valence-corrected chi connectivity index (χ1v) is 13.5. The molecule has 3 aromatic carbocycles. The van der Waals surface area contributed by atoms with Crippen molar-refractivity contribution in [1.82, 2.24) is 5.32 Å². The first-order valence-electron chi connectivity index (χ1n) is 12.1. The zero-order chi connectivity index (χ0) is 25.8. The van der Waals surface area contributed by atoms with Crippen LogP contribution < -0.4 is 19.1 Å². The van der Waals surface area contributed by atoms with Crippen molar-refractivity contribution in [3.63, 3.8) is 0 Å². The van der Waals surface area contributed by atoms with Crippen molar-refractivity contribution in [1.29, 1.82) is 0 Å². The normalized spacial score (nSPS) is 16.4. The minimum Gasteiger partial charge on any atom is -0.497 e. The second-order valence-corrected chi connectivity index (χ2v) is 10.7. The predicted octanol–water partition coefficient (Wildman–Crippen LogP) is 5.09. The molecular weight excluding hydrogens is 476 g/mol. The fraction of sp³-hybridized carbons (Fsp3) is 0.321. The van der Waals surface area contributed by atoms with Gasteiger partial charge in [0.2, 0.25) is 5.91 Å². The fourth-order valence-corrected chi connectivity index (χ4v) is 6.03. The number of rotatable bonds is 9. The number of ether oxygens (including phenoxy) is 2. The Kier molecular flexibility index (Phi) is 7.54. The molecule has 8 heteroatoms. The zero-order valence-electron chi connectivity index (χ0n) is 20.8. The second kappa shape index (κ2) is 10.6. The Morgan fingerprint density at radius 1 is 1.00 bits per heavy atom. The van der Waals surface area contributed by atoms with Gasteiger partial charge in [-0.3, -0.25) is 9.10 Å². The number of methoxy groups -OCH3 is 1. The largest absolute Gasteiger partial charge is 0.497 e. The quantitative estimate of drug-likeness (QED) is 0.435. The highest BCUT2D eigenvalue weighted by Gasteiger charge is 2.39. The summed E-state index contributed by atoms with van der Waals surface area (Å²) in [7, 11) is -2.45. The Labute approximate surface area is 213 Å². The molecule has 36 heavy (non-hydrogen) atoms. The van der Waals surface area contributed by atoms with Crippen LogP contribution in [0.25, 0.3) is 0 Å². The molecule has 1 aliphatic heterocycles. The molecule has 0 fully saturated rings. The number of hydrogen-bond donors (Lipinski definition) is 1. The Morgan fingerprint density at radius 3 is 2.28 bits per heavy atom. The summed E-state index contributed by atoms with van der Waals surface area (Å²) in [6.07, 6.45) is 2.20. The van der Waals surface area contributed by atoms with Crippen molar-refractivity contribution in [2.24, 2.45) is 0 Å². The Hall–Kier alpha value is -3.52. The van der Waals surface area contributed by atoms with Crippen LogP contribution >= 0.6 is 0 Å². The first kappa shape index (κ1) is 25.6. The molecule has 7 nitrogen and oxygen atoms in total. The monoisotopic (exact) mass is 508 g/mol. The molecule has 0 radical (unpaired) electrons. The van der Waals surface area contributed by atoms with Crippen LogP contribution in [0.15, 0.2) is 83.8 Å². The van der Waals surface area contributed by atoms with Gasteiger partial charge in [0.1, 0.15) is 23.6 Å². The van der Waals surface area contributed by atoms with Crippen LogP contribution in [-0.4, -0.2) is 33.6 Å². The number of nitrogens with zero attached hydrogens (tertiary/aromatic N) is 1. The molecule has 0 spiro atoms.